The van der Waals surface area contributed by atoms with E-state index in [0.29, 0.717) is 22.3 Å². The van der Waals surface area contributed by atoms with Gasteiger partial charge in [-0.25, -0.2) is 4.98 Å². The van der Waals surface area contributed by atoms with E-state index < -0.39 is 0 Å². The lowest BCUT2D eigenvalue weighted by atomic mass is 10.1. The first-order chi connectivity index (χ1) is 8.70. The number of fused-ring (bicyclic) bond motifs is 1. The van der Waals surface area contributed by atoms with E-state index in [4.69, 9.17) is 5.53 Å². The Kier molecular flexibility index (Phi) is 3.28. The number of benzene rings is 1. The zero-order valence-corrected chi connectivity index (χ0v) is 9.64. The fourth-order valence-electron chi connectivity index (χ4n) is 1.54. The Morgan fingerprint density at radius 3 is 3.17 bits per heavy atom. The molecular formula is C12H9N5O. The van der Waals surface area contributed by atoms with Crippen LogP contribution in [0.1, 0.15) is 11.4 Å². The van der Waals surface area contributed by atoms with Gasteiger partial charge in [0.15, 0.2) is 0 Å². The number of nitrogens with one attached hydrogen (secondary N) is 1. The van der Waals surface area contributed by atoms with Crippen molar-refractivity contribution >= 4 is 10.9 Å². The summed E-state index contributed by atoms with van der Waals surface area (Å²) >= 11 is 0. The minimum atomic E-state index is -0.184. The molecule has 1 heterocycles. The van der Waals surface area contributed by atoms with Crippen LogP contribution in [-0.2, 0) is 0 Å². The van der Waals surface area contributed by atoms with Crippen molar-refractivity contribution in [2.45, 2.75) is 6.92 Å². The maximum Gasteiger partial charge on any atom is 0.258 e. The predicted octanol–water partition coefficient (Wildman–Crippen LogP) is 1.89. The van der Waals surface area contributed by atoms with Gasteiger partial charge in [0.1, 0.15) is 5.82 Å². The van der Waals surface area contributed by atoms with Crippen LogP contribution >= 0.6 is 0 Å². The topological polar surface area (TPSA) is 94.5 Å². The summed E-state index contributed by atoms with van der Waals surface area (Å²) in [5.41, 5.74) is 9.24. The first-order valence-electron chi connectivity index (χ1n) is 5.21. The number of azide groups is 1. The summed E-state index contributed by atoms with van der Waals surface area (Å²) in [7, 11) is 0. The van der Waals surface area contributed by atoms with Crippen molar-refractivity contribution in [3.05, 3.63) is 50.4 Å². The maximum atomic E-state index is 11.7. The van der Waals surface area contributed by atoms with Crippen molar-refractivity contribution in [3.8, 4) is 11.8 Å². The molecule has 2 aromatic rings. The van der Waals surface area contributed by atoms with Crippen molar-refractivity contribution in [1.82, 2.24) is 9.97 Å². The van der Waals surface area contributed by atoms with E-state index in [-0.39, 0.29) is 12.1 Å². The highest BCUT2D eigenvalue weighted by molar-refractivity contribution is 5.79. The van der Waals surface area contributed by atoms with Gasteiger partial charge >= 0.3 is 0 Å². The van der Waals surface area contributed by atoms with E-state index in [2.05, 4.69) is 31.8 Å². The molecule has 0 fully saturated rings. The van der Waals surface area contributed by atoms with Crippen LogP contribution < -0.4 is 5.56 Å². The number of hydrogen-bond acceptors (Lipinski definition) is 3. The van der Waals surface area contributed by atoms with Gasteiger partial charge in [-0.15, -0.1) is 0 Å². The molecule has 6 heteroatoms. The monoisotopic (exact) mass is 239 g/mol. The molecule has 0 bridgehead atoms. The molecule has 0 spiro atoms. The van der Waals surface area contributed by atoms with Gasteiger partial charge in [0, 0.05) is 10.5 Å². The van der Waals surface area contributed by atoms with Crippen LogP contribution in [0.5, 0.6) is 0 Å². The van der Waals surface area contributed by atoms with Crippen LogP contribution in [0.4, 0.5) is 0 Å². The summed E-state index contributed by atoms with van der Waals surface area (Å²) in [6, 6.07) is 5.19. The van der Waals surface area contributed by atoms with E-state index in [9.17, 15) is 4.79 Å². The normalized spacial score (nSPS) is 9.39. The number of rotatable bonds is 1. The fourth-order valence-corrected chi connectivity index (χ4v) is 1.54. The highest BCUT2D eigenvalue weighted by atomic mass is 16.1. The molecule has 0 saturated carbocycles. The summed E-state index contributed by atoms with van der Waals surface area (Å²) in [5, 5.41) is 3.80. The fraction of sp³-hybridized carbons (Fsp3) is 0.167. The highest BCUT2D eigenvalue weighted by Gasteiger charge is 2.01. The number of nitrogens with zero attached hydrogens (tertiary/aromatic N) is 4. The van der Waals surface area contributed by atoms with Gasteiger partial charge in [-0.1, -0.05) is 17.0 Å². The first kappa shape index (κ1) is 11.7. The zero-order chi connectivity index (χ0) is 13.0. The van der Waals surface area contributed by atoms with E-state index in [1.54, 1.807) is 25.1 Å². The molecule has 1 aromatic heterocycles. The smallest absolute Gasteiger partial charge is 0.258 e. The first-order valence-corrected chi connectivity index (χ1v) is 5.21. The average Bonchev–Trinajstić information content (AvgIpc) is 2.35. The molecule has 1 aromatic carbocycles. The third-order valence-corrected chi connectivity index (χ3v) is 2.27. The number of aromatic amines is 1. The third-order valence-electron chi connectivity index (χ3n) is 2.27. The number of aromatic nitrogens is 2. The molecule has 0 aliphatic carbocycles. The maximum absolute atomic E-state index is 11.7. The highest BCUT2D eigenvalue weighted by Crippen LogP contribution is 2.09. The summed E-state index contributed by atoms with van der Waals surface area (Å²) < 4.78 is 0. The Hall–Kier alpha value is -2.77. The number of H-pyrrole nitrogens is 1. The summed E-state index contributed by atoms with van der Waals surface area (Å²) in [4.78, 5) is 21.2. The second kappa shape index (κ2) is 5.04. The molecule has 0 aliphatic rings. The van der Waals surface area contributed by atoms with Crippen LogP contribution in [0, 0.1) is 18.8 Å². The largest absolute Gasteiger partial charge is 0.310 e. The van der Waals surface area contributed by atoms with E-state index in [1.807, 2.05) is 0 Å². The van der Waals surface area contributed by atoms with Crippen LogP contribution in [-0.4, -0.2) is 16.5 Å². The molecule has 18 heavy (non-hydrogen) atoms. The molecule has 0 saturated heterocycles. The molecule has 0 amide bonds. The molecule has 6 nitrogen and oxygen atoms in total. The van der Waals surface area contributed by atoms with Crippen LogP contribution in [0.3, 0.4) is 0 Å². The molecule has 1 N–H and O–H groups in total. The standard InChI is InChI=1S/C12H9N5O/c1-8-15-11-5-4-9(3-2-6-14-17-13)7-10(11)12(18)16-8/h4-5,7H,6H2,1H3,(H,15,16,18). The molecular weight excluding hydrogens is 230 g/mol. The minimum absolute atomic E-state index is 0.108. The Morgan fingerprint density at radius 2 is 2.39 bits per heavy atom. The summed E-state index contributed by atoms with van der Waals surface area (Å²) in [6.45, 7) is 1.84. The van der Waals surface area contributed by atoms with Crippen molar-refractivity contribution < 1.29 is 0 Å². The van der Waals surface area contributed by atoms with Gasteiger partial charge in [0.05, 0.1) is 17.4 Å². The third kappa shape index (κ3) is 2.48. The van der Waals surface area contributed by atoms with Gasteiger partial charge < -0.3 is 4.98 Å². The minimum Gasteiger partial charge on any atom is -0.310 e. The second-order valence-electron chi connectivity index (χ2n) is 3.57. The molecule has 0 unspecified atom stereocenters. The van der Waals surface area contributed by atoms with E-state index >= 15 is 0 Å². The Morgan fingerprint density at radius 1 is 1.56 bits per heavy atom. The van der Waals surface area contributed by atoms with Crippen LogP contribution in [0.25, 0.3) is 21.3 Å². The molecule has 2 rings (SSSR count). The lowest BCUT2D eigenvalue weighted by molar-refractivity contribution is 1.06. The van der Waals surface area contributed by atoms with Gasteiger partial charge in [-0.2, -0.15) is 0 Å². The second-order valence-corrected chi connectivity index (χ2v) is 3.57. The van der Waals surface area contributed by atoms with Crippen molar-refractivity contribution in [3.63, 3.8) is 0 Å². The Bertz CT molecular complexity index is 759. The quantitative estimate of drug-likeness (QED) is 0.356. The molecule has 0 aliphatic heterocycles. The SMILES string of the molecule is Cc1nc2ccc(C#CCN=[N+]=[N-])cc2c(=O)[nH]1. The average molecular weight is 239 g/mol. The van der Waals surface area contributed by atoms with E-state index in [0.717, 1.165) is 0 Å². The van der Waals surface area contributed by atoms with Crippen LogP contribution in [0.2, 0.25) is 0 Å². The molecule has 0 radical (unpaired) electrons. The lowest BCUT2D eigenvalue weighted by Crippen LogP contribution is -2.09. The van der Waals surface area contributed by atoms with Gasteiger partial charge in [0.25, 0.3) is 5.56 Å². The van der Waals surface area contributed by atoms with Crippen molar-refractivity contribution in [2.75, 3.05) is 6.54 Å². The molecule has 88 valence electrons. The number of hydrogen-bond donors (Lipinski definition) is 1. The zero-order valence-electron chi connectivity index (χ0n) is 9.64. The summed E-state index contributed by atoms with van der Waals surface area (Å²) in [6.07, 6.45) is 0. The number of aryl methyl sites for hydroxylation is 1. The molecule has 0 atom stereocenters. The lowest BCUT2D eigenvalue weighted by Gasteiger charge is -1.98. The Balaban J connectivity index is 2.46. The van der Waals surface area contributed by atoms with Crippen molar-refractivity contribution in [1.29, 1.82) is 0 Å². The summed E-state index contributed by atoms with van der Waals surface area (Å²) in [5.74, 6) is 6.09. The Labute approximate surface area is 102 Å². The predicted molar refractivity (Wildman–Crippen MR) is 68.0 cm³/mol. The van der Waals surface area contributed by atoms with Gasteiger partial charge in [-0.3, -0.25) is 4.79 Å². The van der Waals surface area contributed by atoms with E-state index in [1.165, 1.54) is 0 Å². The van der Waals surface area contributed by atoms with Gasteiger partial charge in [0.2, 0.25) is 0 Å². The van der Waals surface area contributed by atoms with Crippen molar-refractivity contribution in [2.24, 2.45) is 5.11 Å². The van der Waals surface area contributed by atoms with Gasteiger partial charge in [-0.05, 0) is 30.7 Å². The van der Waals surface area contributed by atoms with Crippen LogP contribution in [0.15, 0.2) is 28.1 Å².